The highest BCUT2D eigenvalue weighted by Crippen LogP contribution is 2.45. The Morgan fingerprint density at radius 3 is 2.36 bits per heavy atom. The molecule has 0 spiro atoms. The van der Waals surface area contributed by atoms with Crippen LogP contribution in [0.25, 0.3) is 10.9 Å². The van der Waals surface area contributed by atoms with E-state index in [0.29, 0.717) is 17.8 Å². The first-order valence-electron chi connectivity index (χ1n) is 11.2. The van der Waals surface area contributed by atoms with Crippen LogP contribution in [0.3, 0.4) is 0 Å². The second-order valence-electron chi connectivity index (χ2n) is 8.26. The predicted octanol–water partition coefficient (Wildman–Crippen LogP) is 6.23. The summed E-state index contributed by atoms with van der Waals surface area (Å²) in [6.07, 6.45) is -4.87. The molecule has 0 saturated heterocycles. The van der Waals surface area contributed by atoms with Crippen molar-refractivity contribution in [3.05, 3.63) is 82.6 Å². The highest BCUT2D eigenvalue weighted by molar-refractivity contribution is 7.99. The van der Waals surface area contributed by atoms with Crippen LogP contribution in [0.15, 0.2) is 65.6 Å². The largest absolute Gasteiger partial charge is 0.493 e. The fourth-order valence-corrected chi connectivity index (χ4v) is 4.97. The fraction of sp³-hybridized carbons (Fsp3) is 0.231. The van der Waals surface area contributed by atoms with Gasteiger partial charge in [0.05, 0.1) is 45.9 Å². The van der Waals surface area contributed by atoms with E-state index in [4.69, 9.17) is 25.8 Å². The second-order valence-corrected chi connectivity index (χ2v) is 9.63. The van der Waals surface area contributed by atoms with E-state index < -0.39 is 46.6 Å². The van der Waals surface area contributed by atoms with Crippen LogP contribution in [0.1, 0.15) is 11.1 Å². The summed E-state index contributed by atoms with van der Waals surface area (Å²) in [7, 11) is 1.22. The number of aromatic hydroxyl groups is 1. The average molecular weight is 585 g/mol. The number of benzene rings is 3. The molecule has 0 aliphatic heterocycles. The van der Waals surface area contributed by atoms with Crippen LogP contribution >= 0.6 is 23.4 Å². The lowest BCUT2D eigenvalue weighted by molar-refractivity contribution is -0.163. The van der Waals surface area contributed by atoms with Gasteiger partial charge in [0.25, 0.3) is 0 Å². The standard InChI is InChI=1S/C26H21ClF4N2O5S/c1-36-24-32-21-18(23(34)33-24)11-19(26(29,30)31)20(27)22(21)39-14-25(35,38-17-9-7-16(28)8-10-17)13-37-12-15-5-3-2-4-6-15/h2-11,35H,12-14H2,1H3,(H,32,33,34). The Hall–Kier alpha value is -3.32. The van der Waals surface area contributed by atoms with Gasteiger partial charge in [-0.3, -0.25) is 0 Å². The molecule has 1 unspecified atom stereocenters. The molecule has 4 aromatic rings. The minimum absolute atomic E-state index is 0.0875. The zero-order valence-electron chi connectivity index (χ0n) is 20.2. The molecule has 0 aliphatic rings. The number of methoxy groups -OCH3 is 1. The second kappa shape index (κ2) is 11.8. The molecule has 13 heteroatoms. The minimum Gasteiger partial charge on any atom is -0.493 e. The number of hydrogen-bond acceptors (Lipinski definition) is 8. The van der Waals surface area contributed by atoms with E-state index >= 15 is 0 Å². The lowest BCUT2D eigenvalue weighted by Gasteiger charge is -2.29. The van der Waals surface area contributed by atoms with Crippen molar-refractivity contribution in [3.63, 3.8) is 0 Å². The lowest BCUT2D eigenvalue weighted by atomic mass is 10.1. The molecule has 7 nitrogen and oxygen atoms in total. The molecule has 1 heterocycles. The third kappa shape index (κ3) is 7.01. The van der Waals surface area contributed by atoms with Crippen molar-refractivity contribution in [1.29, 1.82) is 0 Å². The van der Waals surface area contributed by atoms with Gasteiger partial charge in [-0.25, -0.2) is 4.39 Å². The van der Waals surface area contributed by atoms with Gasteiger partial charge in [0.1, 0.15) is 18.2 Å². The Morgan fingerprint density at radius 2 is 1.72 bits per heavy atom. The Balaban J connectivity index is 1.69. The van der Waals surface area contributed by atoms with Crippen molar-refractivity contribution < 1.29 is 42.0 Å². The Bertz CT molecular complexity index is 1440. The van der Waals surface area contributed by atoms with Crippen LogP contribution in [0.5, 0.6) is 17.6 Å². The van der Waals surface area contributed by atoms with Crippen molar-refractivity contribution in [2.45, 2.75) is 23.5 Å². The number of aliphatic hydroxyl groups is 1. The lowest BCUT2D eigenvalue weighted by Crippen LogP contribution is -2.43. The Kier molecular flexibility index (Phi) is 8.70. The van der Waals surface area contributed by atoms with Gasteiger partial charge in [-0.1, -0.05) is 41.9 Å². The Morgan fingerprint density at radius 1 is 1.03 bits per heavy atom. The van der Waals surface area contributed by atoms with E-state index in [-0.39, 0.29) is 34.2 Å². The third-order valence-corrected chi connectivity index (χ3v) is 7.12. The maximum absolute atomic E-state index is 13.8. The molecule has 0 radical (unpaired) electrons. The van der Waals surface area contributed by atoms with E-state index in [2.05, 4.69) is 9.97 Å². The van der Waals surface area contributed by atoms with Crippen molar-refractivity contribution in [3.8, 4) is 17.6 Å². The van der Waals surface area contributed by atoms with Crippen molar-refractivity contribution in [2.24, 2.45) is 0 Å². The molecular formula is C26H21ClF4N2O5S. The van der Waals surface area contributed by atoms with Gasteiger partial charge < -0.3 is 24.4 Å². The number of nitrogens with zero attached hydrogens (tertiary/aromatic N) is 2. The number of aromatic nitrogens is 2. The van der Waals surface area contributed by atoms with E-state index in [9.17, 15) is 27.8 Å². The summed E-state index contributed by atoms with van der Waals surface area (Å²) in [5.41, 5.74) is -0.552. The molecule has 0 aliphatic carbocycles. The van der Waals surface area contributed by atoms with E-state index in [1.165, 1.54) is 19.2 Å². The van der Waals surface area contributed by atoms with Crippen LogP contribution in [0.2, 0.25) is 5.02 Å². The number of fused-ring (bicyclic) bond motifs is 1. The van der Waals surface area contributed by atoms with Gasteiger partial charge >= 0.3 is 12.2 Å². The molecule has 1 atom stereocenters. The van der Waals surface area contributed by atoms with Crippen LogP contribution in [0.4, 0.5) is 17.6 Å². The molecule has 39 heavy (non-hydrogen) atoms. The molecule has 4 rings (SSSR count). The maximum atomic E-state index is 13.8. The molecule has 1 aromatic heterocycles. The van der Waals surface area contributed by atoms with Crippen LogP contribution < -0.4 is 9.47 Å². The number of halogens is 5. The van der Waals surface area contributed by atoms with Gasteiger partial charge in [-0.05, 0) is 35.9 Å². The molecule has 0 bridgehead atoms. The maximum Gasteiger partial charge on any atom is 0.417 e. The molecule has 3 aromatic carbocycles. The van der Waals surface area contributed by atoms with Crippen molar-refractivity contribution in [2.75, 3.05) is 19.5 Å². The first-order chi connectivity index (χ1) is 18.5. The quantitative estimate of drug-likeness (QED) is 0.129. The van der Waals surface area contributed by atoms with Crippen LogP contribution in [0, 0.1) is 5.82 Å². The van der Waals surface area contributed by atoms with E-state index in [1.807, 2.05) is 30.3 Å². The molecule has 0 saturated carbocycles. The average Bonchev–Trinajstić information content (AvgIpc) is 2.89. The number of thioether (sulfide) groups is 1. The SMILES string of the molecule is COc1nc(O)c2cc(C(F)(F)F)c(Cl)c(SCC(O)(COCc3ccccc3)Oc3ccc(F)cc3)c2n1. The highest BCUT2D eigenvalue weighted by Gasteiger charge is 2.37. The summed E-state index contributed by atoms with van der Waals surface area (Å²) < 4.78 is 71.1. The van der Waals surface area contributed by atoms with Crippen LogP contribution in [-0.4, -0.2) is 45.4 Å². The van der Waals surface area contributed by atoms with Gasteiger partial charge in [0, 0.05) is 0 Å². The van der Waals surface area contributed by atoms with Crippen molar-refractivity contribution in [1.82, 2.24) is 9.97 Å². The summed E-state index contributed by atoms with van der Waals surface area (Å²) in [6.45, 7) is -0.309. The molecular weight excluding hydrogens is 564 g/mol. The third-order valence-electron chi connectivity index (χ3n) is 5.34. The van der Waals surface area contributed by atoms with Gasteiger partial charge in [0.15, 0.2) is 0 Å². The molecule has 0 fully saturated rings. The van der Waals surface area contributed by atoms with Gasteiger partial charge in [-0.2, -0.15) is 23.1 Å². The zero-order valence-corrected chi connectivity index (χ0v) is 21.8. The first-order valence-corrected chi connectivity index (χ1v) is 12.6. The Labute approximate surface area is 229 Å². The normalized spacial score (nSPS) is 13.3. The van der Waals surface area contributed by atoms with E-state index in [1.54, 1.807) is 0 Å². The van der Waals surface area contributed by atoms with Crippen molar-refractivity contribution >= 4 is 34.3 Å². The molecule has 2 N–H and O–H groups in total. The van der Waals surface area contributed by atoms with Gasteiger partial charge in [-0.15, -0.1) is 11.8 Å². The monoisotopic (exact) mass is 584 g/mol. The summed E-state index contributed by atoms with van der Waals surface area (Å²) in [6, 6.07) is 14.2. The summed E-state index contributed by atoms with van der Waals surface area (Å²) in [5.74, 6) is -3.70. The number of ether oxygens (including phenoxy) is 3. The first kappa shape index (κ1) is 28.7. The summed E-state index contributed by atoms with van der Waals surface area (Å²) in [5, 5.41) is 20.6. The molecule has 206 valence electrons. The highest BCUT2D eigenvalue weighted by atomic mass is 35.5. The fourth-order valence-electron chi connectivity index (χ4n) is 3.52. The van der Waals surface area contributed by atoms with Gasteiger partial charge in [0.2, 0.25) is 11.7 Å². The van der Waals surface area contributed by atoms with Crippen LogP contribution in [-0.2, 0) is 17.5 Å². The smallest absolute Gasteiger partial charge is 0.417 e. The number of hydrogen-bond donors (Lipinski definition) is 2. The predicted molar refractivity (Wildman–Crippen MR) is 137 cm³/mol. The zero-order chi connectivity index (χ0) is 28.2. The van der Waals surface area contributed by atoms with E-state index in [0.717, 1.165) is 17.7 Å². The summed E-state index contributed by atoms with van der Waals surface area (Å²) >= 11 is 6.88. The minimum atomic E-state index is -4.87. The molecule has 0 amide bonds. The number of alkyl halides is 3. The number of rotatable bonds is 10. The topological polar surface area (TPSA) is 93.9 Å². The summed E-state index contributed by atoms with van der Waals surface area (Å²) in [4.78, 5) is 7.50.